The predicted octanol–water partition coefficient (Wildman–Crippen LogP) is 7.32. The second-order valence-corrected chi connectivity index (χ2v) is 8.29. The molecule has 0 aliphatic rings. The normalized spacial score (nSPS) is 11.1. The molecule has 0 amide bonds. The molecule has 0 N–H and O–H groups in total. The Labute approximate surface area is 206 Å². The number of halogens is 1. The molecule has 0 saturated heterocycles. The highest BCUT2D eigenvalue weighted by atomic mass is 79.9. The Morgan fingerprint density at radius 1 is 0.706 bits per heavy atom. The molecule has 166 valence electrons. The Hall–Kier alpha value is -4.09. The van der Waals surface area contributed by atoms with Crippen LogP contribution in [0.5, 0.6) is 5.75 Å². The molecule has 0 aromatic heterocycles. The zero-order chi connectivity index (χ0) is 23.8. The second kappa shape index (κ2) is 11.2. The zero-order valence-corrected chi connectivity index (χ0v) is 19.7. The number of ketones is 1. The van der Waals surface area contributed by atoms with E-state index in [1.807, 2.05) is 42.5 Å². The molecule has 0 bridgehead atoms. The molecular weight excluding hydrogens is 490 g/mol. The number of carbonyl (C=O) groups is 2. The smallest absolute Gasteiger partial charge is 0.343 e. The third kappa shape index (κ3) is 6.47. The minimum atomic E-state index is -0.415. The Balaban J connectivity index is 1.34. The minimum Gasteiger partial charge on any atom is -0.423 e. The van der Waals surface area contributed by atoms with Gasteiger partial charge in [-0.25, -0.2) is 4.79 Å². The summed E-state index contributed by atoms with van der Waals surface area (Å²) < 4.78 is 6.30. The van der Waals surface area contributed by atoms with Crippen molar-refractivity contribution >= 4 is 45.7 Å². The molecule has 0 unspecified atom stereocenters. The summed E-state index contributed by atoms with van der Waals surface area (Å²) in [6.07, 6.45) is 5.08. The first kappa shape index (κ1) is 23.1. The van der Waals surface area contributed by atoms with Gasteiger partial charge >= 0.3 is 5.97 Å². The summed E-state index contributed by atoms with van der Waals surface area (Å²) in [6.45, 7) is 0. The maximum atomic E-state index is 12.4. The molecule has 0 aliphatic heterocycles. The van der Waals surface area contributed by atoms with Crippen LogP contribution in [0.2, 0.25) is 0 Å². The number of aliphatic imine (C=N–C) groups is 1. The lowest BCUT2D eigenvalue weighted by Gasteiger charge is -2.04. The molecule has 0 fully saturated rings. The average molecular weight is 510 g/mol. The highest BCUT2D eigenvalue weighted by molar-refractivity contribution is 9.10. The quantitative estimate of drug-likeness (QED) is 0.0861. The Kier molecular flexibility index (Phi) is 7.58. The number of rotatable bonds is 7. The van der Waals surface area contributed by atoms with Crippen molar-refractivity contribution in [1.29, 1.82) is 0 Å². The summed E-state index contributed by atoms with van der Waals surface area (Å²) in [6, 6.07) is 30.9. The fourth-order valence-electron chi connectivity index (χ4n) is 3.07. The van der Waals surface area contributed by atoms with Crippen molar-refractivity contribution in [2.75, 3.05) is 0 Å². The summed E-state index contributed by atoms with van der Waals surface area (Å²) >= 11 is 3.34. The number of ether oxygens (including phenoxy) is 1. The molecule has 4 aromatic carbocycles. The van der Waals surface area contributed by atoms with E-state index in [0.29, 0.717) is 16.9 Å². The van der Waals surface area contributed by atoms with Crippen LogP contribution in [-0.4, -0.2) is 18.0 Å². The molecule has 4 nitrogen and oxygen atoms in total. The van der Waals surface area contributed by atoms with Crippen LogP contribution in [0.3, 0.4) is 0 Å². The molecule has 0 heterocycles. The number of hydrogen-bond donors (Lipinski definition) is 0. The molecule has 0 aliphatic carbocycles. The van der Waals surface area contributed by atoms with Crippen molar-refractivity contribution in [1.82, 2.24) is 0 Å². The lowest BCUT2D eigenvalue weighted by molar-refractivity contribution is 0.0734. The first-order valence-electron chi connectivity index (χ1n) is 10.6. The van der Waals surface area contributed by atoms with Crippen molar-refractivity contribution in [3.8, 4) is 5.75 Å². The van der Waals surface area contributed by atoms with Crippen LogP contribution in [0, 0.1) is 0 Å². The van der Waals surface area contributed by atoms with E-state index in [4.69, 9.17) is 4.74 Å². The van der Waals surface area contributed by atoms with E-state index in [-0.39, 0.29) is 5.78 Å². The predicted molar refractivity (Wildman–Crippen MR) is 139 cm³/mol. The number of allylic oxidation sites excluding steroid dienone is 1. The lowest BCUT2D eigenvalue weighted by atomic mass is 10.1. The first-order chi connectivity index (χ1) is 16.6. The van der Waals surface area contributed by atoms with Gasteiger partial charge in [0.05, 0.1) is 11.3 Å². The van der Waals surface area contributed by atoms with Gasteiger partial charge in [0.2, 0.25) is 0 Å². The van der Waals surface area contributed by atoms with E-state index in [1.54, 1.807) is 79.0 Å². The van der Waals surface area contributed by atoms with Crippen LogP contribution in [-0.2, 0) is 0 Å². The van der Waals surface area contributed by atoms with Crippen molar-refractivity contribution in [2.24, 2.45) is 4.99 Å². The van der Waals surface area contributed by atoms with E-state index >= 15 is 0 Å². The Morgan fingerprint density at radius 2 is 1.35 bits per heavy atom. The number of benzene rings is 4. The van der Waals surface area contributed by atoms with Crippen molar-refractivity contribution < 1.29 is 14.3 Å². The van der Waals surface area contributed by atoms with Gasteiger partial charge < -0.3 is 4.74 Å². The molecule has 0 saturated carbocycles. The SMILES string of the molecule is O=C(C=Cc1ccccc1)c1ccc(N=Cc2ccc(OC(=O)c3ccc(Br)cc3)cc2)cc1. The van der Waals surface area contributed by atoms with Crippen molar-refractivity contribution in [3.05, 3.63) is 136 Å². The van der Waals surface area contributed by atoms with Crippen LogP contribution in [0.1, 0.15) is 31.8 Å². The molecule has 4 rings (SSSR count). The standard InChI is InChI=1S/C29H20BrNO3/c30-25-13-9-24(10-14-25)29(33)34-27-17-6-22(7-18-27)20-31-26-15-11-23(12-16-26)28(32)19-8-21-4-2-1-3-5-21/h1-20H. The second-order valence-electron chi connectivity index (χ2n) is 7.38. The largest absolute Gasteiger partial charge is 0.423 e. The molecule has 0 radical (unpaired) electrons. The maximum absolute atomic E-state index is 12.4. The van der Waals surface area contributed by atoms with Gasteiger partial charge in [-0.2, -0.15) is 0 Å². The van der Waals surface area contributed by atoms with Gasteiger partial charge in [-0.3, -0.25) is 9.79 Å². The third-order valence-corrected chi connectivity index (χ3v) is 5.44. The molecule has 4 aromatic rings. The molecule has 34 heavy (non-hydrogen) atoms. The van der Waals surface area contributed by atoms with Crippen LogP contribution in [0.15, 0.2) is 119 Å². The van der Waals surface area contributed by atoms with Gasteiger partial charge in [0.25, 0.3) is 0 Å². The van der Waals surface area contributed by atoms with Gasteiger partial charge in [0.15, 0.2) is 5.78 Å². The average Bonchev–Trinajstić information content (AvgIpc) is 2.88. The number of nitrogens with zero attached hydrogens (tertiary/aromatic N) is 1. The fraction of sp³-hybridized carbons (Fsp3) is 0. The summed E-state index contributed by atoms with van der Waals surface area (Å²) in [5.41, 5.74) is 3.64. The van der Waals surface area contributed by atoms with Crippen molar-refractivity contribution in [2.45, 2.75) is 0 Å². The van der Waals surface area contributed by atoms with Gasteiger partial charge in [-0.05, 0) is 90.0 Å². The molecule has 5 heteroatoms. The maximum Gasteiger partial charge on any atom is 0.343 e. The fourth-order valence-corrected chi connectivity index (χ4v) is 3.33. The van der Waals surface area contributed by atoms with Gasteiger partial charge in [-0.1, -0.05) is 52.3 Å². The monoisotopic (exact) mass is 509 g/mol. The van der Waals surface area contributed by atoms with Gasteiger partial charge in [0, 0.05) is 16.3 Å². The topological polar surface area (TPSA) is 55.7 Å². The van der Waals surface area contributed by atoms with Crippen LogP contribution in [0.4, 0.5) is 5.69 Å². The first-order valence-corrected chi connectivity index (χ1v) is 11.4. The summed E-state index contributed by atoms with van der Waals surface area (Å²) in [4.78, 5) is 29.0. The molecule has 0 atom stereocenters. The lowest BCUT2D eigenvalue weighted by Crippen LogP contribution is -2.08. The van der Waals surface area contributed by atoms with Gasteiger partial charge in [0.1, 0.15) is 5.75 Å². The van der Waals surface area contributed by atoms with E-state index in [2.05, 4.69) is 20.9 Å². The number of hydrogen-bond acceptors (Lipinski definition) is 4. The Morgan fingerprint density at radius 3 is 2.03 bits per heavy atom. The van der Waals surface area contributed by atoms with Crippen LogP contribution in [0.25, 0.3) is 6.08 Å². The highest BCUT2D eigenvalue weighted by Crippen LogP contribution is 2.17. The van der Waals surface area contributed by atoms with Crippen LogP contribution >= 0.6 is 15.9 Å². The third-order valence-electron chi connectivity index (χ3n) is 4.91. The number of carbonyl (C=O) groups excluding carboxylic acids is 2. The van der Waals surface area contributed by atoms with Crippen molar-refractivity contribution in [3.63, 3.8) is 0 Å². The van der Waals surface area contributed by atoms with Gasteiger partial charge in [-0.15, -0.1) is 0 Å². The van der Waals surface area contributed by atoms with Crippen LogP contribution < -0.4 is 4.74 Å². The highest BCUT2D eigenvalue weighted by Gasteiger charge is 2.08. The van der Waals surface area contributed by atoms with E-state index in [1.165, 1.54) is 0 Å². The summed E-state index contributed by atoms with van der Waals surface area (Å²) in [7, 11) is 0. The number of esters is 1. The minimum absolute atomic E-state index is 0.0624. The summed E-state index contributed by atoms with van der Waals surface area (Å²) in [5.74, 6) is -0.0219. The Bertz CT molecular complexity index is 1330. The van der Waals surface area contributed by atoms with E-state index in [0.717, 1.165) is 21.3 Å². The van der Waals surface area contributed by atoms with E-state index in [9.17, 15) is 9.59 Å². The zero-order valence-electron chi connectivity index (χ0n) is 18.1. The van der Waals surface area contributed by atoms with E-state index < -0.39 is 5.97 Å². The summed E-state index contributed by atoms with van der Waals surface area (Å²) in [5, 5.41) is 0. The molecule has 0 spiro atoms. The molecular formula is C29H20BrNO3.